The van der Waals surface area contributed by atoms with Crippen molar-refractivity contribution in [3.05, 3.63) is 41.4 Å². The maximum atomic E-state index is 5.68. The van der Waals surface area contributed by atoms with Gasteiger partial charge in [0.15, 0.2) is 0 Å². The number of benzene rings is 1. The first-order chi connectivity index (χ1) is 14.2. The Balaban J connectivity index is 1.78. The van der Waals surface area contributed by atoms with Crippen molar-refractivity contribution >= 4 is 33.3 Å². The van der Waals surface area contributed by atoms with Crippen molar-refractivity contribution < 1.29 is 9.47 Å². The molecule has 29 heavy (non-hydrogen) atoms. The van der Waals surface area contributed by atoms with E-state index in [4.69, 9.17) is 9.47 Å². The van der Waals surface area contributed by atoms with E-state index in [9.17, 15) is 0 Å². The molecule has 9 heteroatoms. The second kappa shape index (κ2) is 8.79. The quantitative estimate of drug-likeness (QED) is 0.602. The first-order valence-corrected chi connectivity index (χ1v) is 10.3. The highest BCUT2D eigenvalue weighted by atomic mass is 79.9. The number of aromatic nitrogens is 4. The Bertz CT molecular complexity index is 970. The number of morpholine rings is 1. The van der Waals surface area contributed by atoms with Crippen LogP contribution in [0.4, 0.5) is 17.3 Å². The van der Waals surface area contributed by atoms with E-state index in [1.807, 2.05) is 10.9 Å². The van der Waals surface area contributed by atoms with E-state index in [2.05, 4.69) is 66.5 Å². The zero-order valence-electron chi connectivity index (χ0n) is 16.4. The molecule has 0 radical (unpaired) electrons. The fourth-order valence-corrected chi connectivity index (χ4v) is 3.51. The van der Waals surface area contributed by atoms with Crippen molar-refractivity contribution in [1.82, 2.24) is 19.7 Å². The lowest BCUT2D eigenvalue weighted by Gasteiger charge is -2.31. The monoisotopic (exact) mass is 458 g/mol. The zero-order valence-corrected chi connectivity index (χ0v) is 18.0. The standard InChI is InChI=1S/C20H23BrN6O2/c1-3-27-13-14(10-24-27)16-8-17(25-20-22-11-15(21)12-23-20)19(28-2)9-18(16)26-4-6-29-7-5-26/h8-13H,3-7H2,1-2H3,(H,22,23,25). The Hall–Kier alpha value is -2.65. The molecule has 0 saturated carbocycles. The SMILES string of the molecule is CCn1cc(-c2cc(Nc3ncc(Br)cn3)c(OC)cc2N2CCOCC2)cn1. The van der Waals surface area contributed by atoms with Gasteiger partial charge in [-0.1, -0.05) is 0 Å². The number of halogens is 1. The number of rotatable bonds is 6. The Kier molecular flexibility index (Phi) is 5.96. The second-order valence-electron chi connectivity index (χ2n) is 6.60. The molecule has 0 atom stereocenters. The van der Waals surface area contributed by atoms with Crippen LogP contribution in [0, 0.1) is 0 Å². The molecule has 3 aromatic rings. The number of anilines is 3. The maximum Gasteiger partial charge on any atom is 0.227 e. The lowest BCUT2D eigenvalue weighted by atomic mass is 10.0. The summed E-state index contributed by atoms with van der Waals surface area (Å²) in [5.41, 5.74) is 4.02. The van der Waals surface area contributed by atoms with Crippen LogP contribution in [0.3, 0.4) is 0 Å². The number of nitrogens with one attached hydrogen (secondary N) is 1. The van der Waals surface area contributed by atoms with Crippen LogP contribution in [0.25, 0.3) is 11.1 Å². The van der Waals surface area contributed by atoms with Crippen LogP contribution in [0.1, 0.15) is 6.92 Å². The Morgan fingerprint density at radius 2 is 1.93 bits per heavy atom. The number of methoxy groups -OCH3 is 1. The van der Waals surface area contributed by atoms with E-state index in [-0.39, 0.29) is 0 Å². The molecule has 1 fully saturated rings. The Morgan fingerprint density at radius 1 is 1.17 bits per heavy atom. The highest BCUT2D eigenvalue weighted by Gasteiger charge is 2.20. The van der Waals surface area contributed by atoms with Gasteiger partial charge < -0.3 is 19.7 Å². The van der Waals surface area contributed by atoms with Gasteiger partial charge in [-0.2, -0.15) is 5.10 Å². The molecule has 1 N–H and O–H groups in total. The highest BCUT2D eigenvalue weighted by Crippen LogP contribution is 2.40. The third-order valence-electron chi connectivity index (χ3n) is 4.80. The van der Waals surface area contributed by atoms with Crippen molar-refractivity contribution in [1.29, 1.82) is 0 Å². The molecule has 4 rings (SSSR count). The summed E-state index contributed by atoms with van der Waals surface area (Å²) in [4.78, 5) is 10.9. The van der Waals surface area contributed by atoms with Gasteiger partial charge in [0, 0.05) is 61.1 Å². The molecule has 0 aliphatic carbocycles. The van der Waals surface area contributed by atoms with Crippen LogP contribution in [0.15, 0.2) is 41.4 Å². The predicted molar refractivity (Wildman–Crippen MR) is 116 cm³/mol. The van der Waals surface area contributed by atoms with Crippen LogP contribution in [0.2, 0.25) is 0 Å². The second-order valence-corrected chi connectivity index (χ2v) is 7.52. The van der Waals surface area contributed by atoms with Crippen LogP contribution >= 0.6 is 15.9 Å². The molecule has 3 heterocycles. The minimum Gasteiger partial charge on any atom is -0.494 e. The van der Waals surface area contributed by atoms with E-state index < -0.39 is 0 Å². The average molecular weight is 459 g/mol. The summed E-state index contributed by atoms with van der Waals surface area (Å²) < 4.78 is 14.0. The largest absolute Gasteiger partial charge is 0.494 e. The van der Waals surface area contributed by atoms with E-state index in [0.717, 1.165) is 52.4 Å². The van der Waals surface area contributed by atoms with Gasteiger partial charge in [0.25, 0.3) is 0 Å². The summed E-state index contributed by atoms with van der Waals surface area (Å²) in [6.45, 7) is 5.99. The van der Waals surface area contributed by atoms with Crippen LogP contribution in [0.5, 0.6) is 5.75 Å². The minimum absolute atomic E-state index is 0.501. The molecule has 0 amide bonds. The van der Waals surface area contributed by atoms with Gasteiger partial charge in [0.1, 0.15) is 5.75 Å². The molecule has 0 spiro atoms. The van der Waals surface area contributed by atoms with Gasteiger partial charge in [-0.05, 0) is 28.9 Å². The molecule has 1 saturated heterocycles. The predicted octanol–water partition coefficient (Wildman–Crippen LogP) is 3.71. The highest BCUT2D eigenvalue weighted by molar-refractivity contribution is 9.10. The molecule has 1 aliphatic rings. The zero-order chi connectivity index (χ0) is 20.2. The maximum absolute atomic E-state index is 5.68. The number of ether oxygens (including phenoxy) is 2. The molecule has 0 unspecified atom stereocenters. The fourth-order valence-electron chi connectivity index (χ4n) is 3.31. The normalized spacial score (nSPS) is 14.1. The molecule has 152 valence electrons. The van der Waals surface area contributed by atoms with Crippen molar-refractivity contribution in [3.8, 4) is 16.9 Å². The lowest BCUT2D eigenvalue weighted by Crippen LogP contribution is -2.36. The van der Waals surface area contributed by atoms with E-state index in [1.54, 1.807) is 19.5 Å². The van der Waals surface area contributed by atoms with Gasteiger partial charge in [0.2, 0.25) is 5.95 Å². The minimum atomic E-state index is 0.501. The van der Waals surface area contributed by atoms with Crippen molar-refractivity contribution in [2.45, 2.75) is 13.5 Å². The van der Waals surface area contributed by atoms with Crippen molar-refractivity contribution in [3.63, 3.8) is 0 Å². The fraction of sp³-hybridized carbons (Fsp3) is 0.350. The number of nitrogens with zero attached hydrogens (tertiary/aromatic N) is 5. The topological polar surface area (TPSA) is 77.3 Å². The van der Waals surface area contributed by atoms with Gasteiger partial charge in [-0.25, -0.2) is 9.97 Å². The van der Waals surface area contributed by atoms with Gasteiger partial charge >= 0.3 is 0 Å². The van der Waals surface area contributed by atoms with Gasteiger partial charge in [0.05, 0.1) is 36.7 Å². The third kappa shape index (κ3) is 4.35. The van der Waals surface area contributed by atoms with Crippen LogP contribution < -0.4 is 15.0 Å². The molecule has 0 bridgehead atoms. The van der Waals surface area contributed by atoms with Crippen LogP contribution in [-0.4, -0.2) is 53.2 Å². The molecular formula is C20H23BrN6O2. The average Bonchev–Trinajstić information content (AvgIpc) is 3.25. The summed E-state index contributed by atoms with van der Waals surface area (Å²) in [5, 5.41) is 7.73. The van der Waals surface area contributed by atoms with Crippen molar-refractivity contribution in [2.75, 3.05) is 43.6 Å². The first-order valence-electron chi connectivity index (χ1n) is 9.50. The lowest BCUT2D eigenvalue weighted by molar-refractivity contribution is 0.122. The number of hydrogen-bond donors (Lipinski definition) is 1. The third-order valence-corrected chi connectivity index (χ3v) is 5.21. The molecule has 8 nitrogen and oxygen atoms in total. The Labute approximate surface area is 178 Å². The smallest absolute Gasteiger partial charge is 0.227 e. The number of aryl methyl sites for hydroxylation is 1. The summed E-state index contributed by atoms with van der Waals surface area (Å²) >= 11 is 3.36. The van der Waals surface area contributed by atoms with Crippen molar-refractivity contribution in [2.24, 2.45) is 0 Å². The first kappa shape index (κ1) is 19.7. The van der Waals surface area contributed by atoms with Crippen LogP contribution in [-0.2, 0) is 11.3 Å². The summed E-state index contributed by atoms with van der Waals surface area (Å²) in [6, 6.07) is 4.14. The Morgan fingerprint density at radius 3 is 2.59 bits per heavy atom. The number of hydrogen-bond acceptors (Lipinski definition) is 7. The van der Waals surface area contributed by atoms with E-state index in [1.165, 1.54) is 0 Å². The summed E-state index contributed by atoms with van der Waals surface area (Å²) in [6.07, 6.45) is 7.37. The van der Waals surface area contributed by atoms with Gasteiger partial charge in [-0.15, -0.1) is 0 Å². The van der Waals surface area contributed by atoms with E-state index in [0.29, 0.717) is 19.2 Å². The molecule has 1 aromatic carbocycles. The molecule has 1 aliphatic heterocycles. The molecule has 2 aromatic heterocycles. The summed E-state index contributed by atoms with van der Waals surface area (Å²) in [5.74, 6) is 1.23. The summed E-state index contributed by atoms with van der Waals surface area (Å²) in [7, 11) is 1.67. The van der Waals surface area contributed by atoms with Gasteiger partial charge in [-0.3, -0.25) is 4.68 Å². The molecular weight excluding hydrogens is 436 g/mol. The van der Waals surface area contributed by atoms with E-state index >= 15 is 0 Å².